The summed E-state index contributed by atoms with van der Waals surface area (Å²) in [5, 5.41) is 8.73. The molecule has 0 aliphatic rings. The van der Waals surface area contributed by atoms with Crippen molar-refractivity contribution < 1.29 is 9.21 Å². The molecule has 0 atom stereocenters. The summed E-state index contributed by atoms with van der Waals surface area (Å²) < 4.78 is 6.60. The molecule has 4 heterocycles. The van der Waals surface area contributed by atoms with Crippen LogP contribution in [0.2, 0.25) is 0 Å². The van der Waals surface area contributed by atoms with Crippen LogP contribution in [0.4, 0.5) is 5.82 Å². The Morgan fingerprint density at radius 2 is 2.26 bits per heavy atom. The minimum atomic E-state index is -0.391. The predicted molar refractivity (Wildman–Crippen MR) is 83.6 cm³/mol. The average Bonchev–Trinajstić information content (AvgIpc) is 3.27. The zero-order valence-corrected chi connectivity index (χ0v) is 12.3. The van der Waals surface area contributed by atoms with Gasteiger partial charge in [0.2, 0.25) is 11.6 Å². The second kappa shape index (κ2) is 5.21. The molecule has 0 saturated carbocycles. The maximum Gasteiger partial charge on any atom is 0.266 e. The van der Waals surface area contributed by atoms with Crippen LogP contribution in [0.5, 0.6) is 0 Å². The number of anilines is 1. The van der Waals surface area contributed by atoms with E-state index in [4.69, 9.17) is 4.42 Å². The minimum Gasteiger partial charge on any atom is -0.461 e. The first-order chi connectivity index (χ1) is 11.2. The molecule has 0 aromatic carbocycles. The number of H-pyrrole nitrogens is 1. The smallest absolute Gasteiger partial charge is 0.266 e. The van der Waals surface area contributed by atoms with E-state index in [1.807, 2.05) is 0 Å². The van der Waals surface area contributed by atoms with Crippen molar-refractivity contribution in [2.75, 3.05) is 5.32 Å². The van der Waals surface area contributed by atoms with Gasteiger partial charge in [-0.15, -0.1) is 16.4 Å². The molecule has 9 heteroatoms. The maximum absolute atomic E-state index is 12.2. The van der Waals surface area contributed by atoms with E-state index < -0.39 is 5.56 Å². The number of thiophene rings is 1. The van der Waals surface area contributed by atoms with E-state index in [0.717, 1.165) is 0 Å². The van der Waals surface area contributed by atoms with E-state index in [1.54, 1.807) is 29.6 Å². The largest absolute Gasteiger partial charge is 0.461 e. The van der Waals surface area contributed by atoms with Gasteiger partial charge in [0.1, 0.15) is 5.82 Å². The molecule has 0 aliphatic heterocycles. The number of hydrogen-bond acceptors (Lipinski definition) is 6. The molecule has 0 fully saturated rings. The lowest BCUT2D eigenvalue weighted by Gasteiger charge is -2.04. The summed E-state index contributed by atoms with van der Waals surface area (Å²) >= 11 is 1.30. The van der Waals surface area contributed by atoms with Gasteiger partial charge >= 0.3 is 0 Å². The molecule has 0 bridgehead atoms. The van der Waals surface area contributed by atoms with E-state index in [1.165, 1.54) is 28.2 Å². The molecule has 2 N–H and O–H groups in total. The number of carbonyl (C=O) groups excluding carboxylic acids is 1. The fourth-order valence-corrected chi connectivity index (χ4v) is 2.70. The molecule has 4 rings (SSSR count). The first-order valence-electron chi connectivity index (χ1n) is 6.59. The van der Waals surface area contributed by atoms with Crippen LogP contribution < -0.4 is 10.9 Å². The molecular formula is C14H9N5O3S. The maximum atomic E-state index is 12.2. The topological polar surface area (TPSA) is 105 Å². The number of carbonyl (C=O) groups is 1. The summed E-state index contributed by atoms with van der Waals surface area (Å²) in [6.45, 7) is 0. The highest BCUT2D eigenvalue weighted by Crippen LogP contribution is 2.18. The monoisotopic (exact) mass is 327 g/mol. The Kier molecular flexibility index (Phi) is 3.05. The molecule has 8 nitrogen and oxygen atoms in total. The molecule has 0 aliphatic carbocycles. The average molecular weight is 327 g/mol. The van der Waals surface area contributed by atoms with Crippen molar-refractivity contribution in [3.05, 3.63) is 57.2 Å². The van der Waals surface area contributed by atoms with Crippen LogP contribution in [0.3, 0.4) is 0 Å². The van der Waals surface area contributed by atoms with Gasteiger partial charge in [-0.05, 0) is 23.6 Å². The number of nitrogens with zero attached hydrogens (tertiary/aromatic N) is 3. The van der Waals surface area contributed by atoms with Crippen molar-refractivity contribution in [1.29, 1.82) is 0 Å². The van der Waals surface area contributed by atoms with E-state index >= 15 is 0 Å². The number of amides is 1. The summed E-state index contributed by atoms with van der Waals surface area (Å²) in [5.74, 6) is 0.897. The SMILES string of the molecule is O=C(Nc1cc(=O)[nH]c2nc(-c3ccco3)nn12)c1cccs1. The lowest BCUT2D eigenvalue weighted by Crippen LogP contribution is -2.18. The third-order valence-electron chi connectivity index (χ3n) is 3.07. The van der Waals surface area contributed by atoms with Crippen LogP contribution in [0.25, 0.3) is 17.4 Å². The normalized spacial score (nSPS) is 11.0. The Balaban J connectivity index is 1.79. The van der Waals surface area contributed by atoms with Gasteiger partial charge in [-0.2, -0.15) is 9.50 Å². The van der Waals surface area contributed by atoms with E-state index in [0.29, 0.717) is 16.5 Å². The molecule has 4 aromatic rings. The summed E-state index contributed by atoms with van der Waals surface area (Å²) in [5.41, 5.74) is -0.391. The third-order valence-corrected chi connectivity index (χ3v) is 3.93. The molecule has 4 aromatic heterocycles. The molecule has 0 radical (unpaired) electrons. The first-order valence-corrected chi connectivity index (χ1v) is 7.47. The van der Waals surface area contributed by atoms with Gasteiger partial charge in [0.15, 0.2) is 5.76 Å². The number of furan rings is 1. The van der Waals surface area contributed by atoms with Crippen molar-refractivity contribution >= 4 is 28.8 Å². The van der Waals surface area contributed by atoms with Crippen molar-refractivity contribution in [3.8, 4) is 11.6 Å². The van der Waals surface area contributed by atoms with Crippen molar-refractivity contribution in [2.24, 2.45) is 0 Å². The highest BCUT2D eigenvalue weighted by Gasteiger charge is 2.15. The highest BCUT2D eigenvalue weighted by atomic mass is 32.1. The molecule has 114 valence electrons. The van der Waals surface area contributed by atoms with Crippen LogP contribution in [0.1, 0.15) is 9.67 Å². The Hall–Kier alpha value is -3.20. The standard InChI is InChI=1S/C14H9N5O3S/c20-11-7-10(15-13(21)9-4-2-6-23-9)19-14(16-11)17-12(18-19)8-3-1-5-22-8/h1-7H,(H,15,21)(H,16,17,18,20). The number of nitrogens with one attached hydrogen (secondary N) is 2. The van der Waals surface area contributed by atoms with E-state index in [-0.39, 0.29) is 17.5 Å². The lowest BCUT2D eigenvalue weighted by molar-refractivity contribution is 0.103. The third kappa shape index (κ3) is 2.42. The van der Waals surface area contributed by atoms with Gasteiger partial charge in [0, 0.05) is 6.07 Å². The molecule has 0 unspecified atom stereocenters. The first kappa shape index (κ1) is 13.5. The van der Waals surface area contributed by atoms with Gasteiger partial charge in [-0.25, -0.2) is 0 Å². The van der Waals surface area contributed by atoms with Crippen LogP contribution in [0, 0.1) is 0 Å². The van der Waals surface area contributed by atoms with Gasteiger partial charge in [-0.3, -0.25) is 14.6 Å². The van der Waals surface area contributed by atoms with Crippen LogP contribution in [-0.2, 0) is 0 Å². The van der Waals surface area contributed by atoms with Crippen LogP contribution >= 0.6 is 11.3 Å². The van der Waals surface area contributed by atoms with Crippen molar-refractivity contribution in [3.63, 3.8) is 0 Å². The van der Waals surface area contributed by atoms with E-state index in [9.17, 15) is 9.59 Å². The summed E-state index contributed by atoms with van der Waals surface area (Å²) in [6.07, 6.45) is 1.50. The number of hydrogen-bond donors (Lipinski definition) is 2. The molecule has 1 amide bonds. The van der Waals surface area contributed by atoms with Gasteiger partial charge in [0.05, 0.1) is 11.1 Å². The summed E-state index contributed by atoms with van der Waals surface area (Å²) in [4.78, 5) is 31.2. The van der Waals surface area contributed by atoms with Crippen molar-refractivity contribution in [1.82, 2.24) is 19.6 Å². The lowest BCUT2D eigenvalue weighted by atomic mass is 10.4. The zero-order valence-electron chi connectivity index (χ0n) is 11.5. The molecule has 23 heavy (non-hydrogen) atoms. The second-order valence-electron chi connectivity index (χ2n) is 4.60. The number of aromatic nitrogens is 4. The summed E-state index contributed by atoms with van der Waals surface area (Å²) in [6, 6.07) is 8.14. The number of rotatable bonds is 3. The fourth-order valence-electron chi connectivity index (χ4n) is 2.08. The minimum absolute atomic E-state index is 0.213. The van der Waals surface area contributed by atoms with Crippen LogP contribution in [-0.4, -0.2) is 25.5 Å². The second-order valence-corrected chi connectivity index (χ2v) is 5.55. The van der Waals surface area contributed by atoms with Gasteiger partial charge in [0.25, 0.3) is 11.5 Å². The Morgan fingerprint density at radius 1 is 1.35 bits per heavy atom. The van der Waals surface area contributed by atoms with Gasteiger partial charge in [-0.1, -0.05) is 6.07 Å². The fraction of sp³-hybridized carbons (Fsp3) is 0. The Morgan fingerprint density at radius 3 is 3.00 bits per heavy atom. The van der Waals surface area contributed by atoms with E-state index in [2.05, 4.69) is 20.4 Å². The Bertz CT molecular complexity index is 1030. The number of aromatic amines is 1. The number of fused-ring (bicyclic) bond motifs is 1. The quantitative estimate of drug-likeness (QED) is 0.598. The van der Waals surface area contributed by atoms with Crippen molar-refractivity contribution in [2.45, 2.75) is 0 Å². The molecule has 0 spiro atoms. The molecular weight excluding hydrogens is 318 g/mol. The molecule has 0 saturated heterocycles. The van der Waals surface area contributed by atoms with Gasteiger partial charge < -0.3 is 9.73 Å². The Labute approximate surface area is 132 Å². The summed E-state index contributed by atoms with van der Waals surface area (Å²) in [7, 11) is 0. The predicted octanol–water partition coefficient (Wildman–Crippen LogP) is 1.99. The highest BCUT2D eigenvalue weighted by molar-refractivity contribution is 7.12. The van der Waals surface area contributed by atoms with Crippen LogP contribution in [0.15, 0.2) is 51.2 Å². The zero-order chi connectivity index (χ0) is 15.8.